The minimum atomic E-state index is 0.295. The van der Waals surface area contributed by atoms with Gasteiger partial charge >= 0.3 is 0 Å². The smallest absolute Gasteiger partial charge is 0.223 e. The van der Waals surface area contributed by atoms with Crippen LogP contribution < -0.4 is 5.32 Å². The van der Waals surface area contributed by atoms with Crippen LogP contribution in [0.15, 0.2) is 30.3 Å². The molecule has 0 saturated heterocycles. The maximum Gasteiger partial charge on any atom is 0.223 e. The maximum atomic E-state index is 12.5. The number of benzene rings is 1. The summed E-state index contributed by atoms with van der Waals surface area (Å²) in [4.78, 5) is 14.6. The molecule has 1 aliphatic carbocycles. The predicted molar refractivity (Wildman–Crippen MR) is 82.3 cm³/mol. The van der Waals surface area contributed by atoms with Gasteiger partial charge in [0.15, 0.2) is 0 Å². The first-order chi connectivity index (χ1) is 9.72. The Kier molecular flexibility index (Phi) is 5.60. The molecule has 0 heterocycles. The molecule has 110 valence electrons. The minimum Gasteiger partial charge on any atom is -0.335 e. The van der Waals surface area contributed by atoms with E-state index in [2.05, 4.69) is 29.3 Å². The van der Waals surface area contributed by atoms with Gasteiger partial charge in [0.05, 0.1) is 0 Å². The van der Waals surface area contributed by atoms with E-state index in [4.69, 9.17) is 0 Å². The van der Waals surface area contributed by atoms with Crippen LogP contribution in [-0.4, -0.2) is 30.4 Å². The molecule has 1 aromatic carbocycles. The van der Waals surface area contributed by atoms with Crippen LogP contribution >= 0.6 is 0 Å². The standard InChI is InChI=1S/C17H26N2O/c1-14(16-10-11-16)19(17(20)9-6-12-18-2)13-15-7-4-3-5-8-15/h3-5,7-8,14,16,18H,6,9-13H2,1-2H3. The van der Waals surface area contributed by atoms with E-state index in [1.807, 2.05) is 25.2 Å². The Balaban J connectivity index is 1.98. The summed E-state index contributed by atoms with van der Waals surface area (Å²) in [5.41, 5.74) is 1.22. The molecule has 2 rings (SSSR count). The number of hydrogen-bond acceptors (Lipinski definition) is 2. The van der Waals surface area contributed by atoms with E-state index in [1.165, 1.54) is 18.4 Å². The largest absolute Gasteiger partial charge is 0.335 e. The molecule has 1 aromatic rings. The number of nitrogens with one attached hydrogen (secondary N) is 1. The second-order valence-corrected chi connectivity index (χ2v) is 5.79. The molecule has 1 N–H and O–H groups in total. The molecule has 0 aliphatic heterocycles. The lowest BCUT2D eigenvalue weighted by Crippen LogP contribution is -2.39. The zero-order valence-electron chi connectivity index (χ0n) is 12.6. The number of amides is 1. The van der Waals surface area contributed by atoms with Gasteiger partial charge in [0.1, 0.15) is 0 Å². The van der Waals surface area contributed by atoms with Crippen molar-refractivity contribution in [2.24, 2.45) is 5.92 Å². The Labute approximate surface area is 122 Å². The van der Waals surface area contributed by atoms with Crippen LogP contribution in [0.5, 0.6) is 0 Å². The SMILES string of the molecule is CNCCCC(=O)N(Cc1ccccc1)C(C)C1CC1. The normalized spacial score (nSPS) is 15.9. The third-order valence-electron chi connectivity index (χ3n) is 4.13. The van der Waals surface area contributed by atoms with Gasteiger partial charge in [-0.25, -0.2) is 0 Å². The van der Waals surface area contributed by atoms with Crippen LogP contribution in [0.4, 0.5) is 0 Å². The first-order valence-electron chi connectivity index (χ1n) is 7.70. The molecular weight excluding hydrogens is 248 g/mol. The van der Waals surface area contributed by atoms with Gasteiger partial charge in [-0.15, -0.1) is 0 Å². The van der Waals surface area contributed by atoms with Gasteiger partial charge in [-0.1, -0.05) is 30.3 Å². The molecule has 1 saturated carbocycles. The predicted octanol–water partition coefficient (Wildman–Crippen LogP) is 2.81. The van der Waals surface area contributed by atoms with Crippen molar-refractivity contribution in [2.75, 3.05) is 13.6 Å². The summed E-state index contributed by atoms with van der Waals surface area (Å²) in [5.74, 6) is 1.01. The number of carbonyl (C=O) groups is 1. The zero-order valence-corrected chi connectivity index (χ0v) is 12.6. The summed E-state index contributed by atoms with van der Waals surface area (Å²) in [6.07, 6.45) is 4.11. The number of nitrogens with zero attached hydrogens (tertiary/aromatic N) is 1. The highest BCUT2D eigenvalue weighted by atomic mass is 16.2. The van der Waals surface area contributed by atoms with Crippen LogP contribution in [-0.2, 0) is 11.3 Å². The Hall–Kier alpha value is -1.35. The fraction of sp³-hybridized carbons (Fsp3) is 0.588. The summed E-state index contributed by atoms with van der Waals surface area (Å²) >= 11 is 0. The van der Waals surface area contributed by atoms with E-state index in [1.54, 1.807) is 0 Å². The van der Waals surface area contributed by atoms with Crippen molar-refractivity contribution >= 4 is 5.91 Å². The van der Waals surface area contributed by atoms with Crippen molar-refractivity contribution < 1.29 is 4.79 Å². The van der Waals surface area contributed by atoms with Gasteiger partial charge in [0, 0.05) is 19.0 Å². The quantitative estimate of drug-likeness (QED) is 0.739. The highest BCUT2D eigenvalue weighted by Gasteiger charge is 2.33. The van der Waals surface area contributed by atoms with Crippen LogP contribution in [0.2, 0.25) is 0 Å². The Morgan fingerprint density at radius 2 is 2.05 bits per heavy atom. The monoisotopic (exact) mass is 274 g/mol. The summed E-state index contributed by atoms with van der Waals surface area (Å²) in [6.45, 7) is 3.86. The van der Waals surface area contributed by atoms with Gasteiger partial charge in [-0.3, -0.25) is 4.79 Å². The average Bonchev–Trinajstić information content (AvgIpc) is 3.30. The fourth-order valence-electron chi connectivity index (χ4n) is 2.63. The lowest BCUT2D eigenvalue weighted by atomic mass is 10.1. The topological polar surface area (TPSA) is 32.3 Å². The van der Waals surface area contributed by atoms with Crippen molar-refractivity contribution in [1.82, 2.24) is 10.2 Å². The second-order valence-electron chi connectivity index (χ2n) is 5.79. The third kappa shape index (κ3) is 4.34. The van der Waals surface area contributed by atoms with E-state index < -0.39 is 0 Å². The summed E-state index contributed by atoms with van der Waals surface area (Å²) in [6, 6.07) is 10.7. The van der Waals surface area contributed by atoms with Gasteiger partial charge in [-0.05, 0) is 51.3 Å². The molecule has 3 heteroatoms. The van der Waals surface area contributed by atoms with Gasteiger partial charge in [0.2, 0.25) is 5.91 Å². The van der Waals surface area contributed by atoms with Crippen LogP contribution in [0.3, 0.4) is 0 Å². The second kappa shape index (κ2) is 7.44. The molecular formula is C17H26N2O. The first-order valence-corrected chi connectivity index (χ1v) is 7.70. The van der Waals surface area contributed by atoms with E-state index in [-0.39, 0.29) is 0 Å². The lowest BCUT2D eigenvalue weighted by Gasteiger charge is -2.30. The van der Waals surface area contributed by atoms with E-state index in [9.17, 15) is 4.79 Å². The number of carbonyl (C=O) groups excluding carboxylic acids is 1. The molecule has 0 radical (unpaired) electrons. The first kappa shape index (κ1) is 15.0. The molecule has 0 bridgehead atoms. The van der Waals surface area contributed by atoms with Crippen molar-refractivity contribution in [1.29, 1.82) is 0 Å². The molecule has 1 aliphatic rings. The Bertz CT molecular complexity index is 414. The molecule has 1 fully saturated rings. The van der Waals surface area contributed by atoms with E-state index in [0.717, 1.165) is 19.5 Å². The average molecular weight is 274 g/mol. The van der Waals surface area contributed by atoms with Crippen LogP contribution in [0, 0.1) is 5.92 Å². The molecule has 0 spiro atoms. The Morgan fingerprint density at radius 3 is 2.65 bits per heavy atom. The van der Waals surface area contributed by atoms with Crippen molar-refractivity contribution in [2.45, 2.75) is 45.2 Å². The van der Waals surface area contributed by atoms with Crippen molar-refractivity contribution in [3.63, 3.8) is 0 Å². The highest BCUT2D eigenvalue weighted by molar-refractivity contribution is 5.76. The molecule has 0 aromatic heterocycles. The summed E-state index contributed by atoms with van der Waals surface area (Å²) in [5, 5.41) is 3.11. The van der Waals surface area contributed by atoms with Gasteiger partial charge in [0.25, 0.3) is 0 Å². The molecule has 3 nitrogen and oxygen atoms in total. The van der Waals surface area contributed by atoms with Crippen LogP contribution in [0.25, 0.3) is 0 Å². The molecule has 1 unspecified atom stereocenters. The van der Waals surface area contributed by atoms with E-state index >= 15 is 0 Å². The van der Waals surface area contributed by atoms with Gasteiger partial charge < -0.3 is 10.2 Å². The number of rotatable bonds is 8. The maximum absolute atomic E-state index is 12.5. The summed E-state index contributed by atoms with van der Waals surface area (Å²) < 4.78 is 0. The molecule has 20 heavy (non-hydrogen) atoms. The minimum absolute atomic E-state index is 0.295. The fourth-order valence-corrected chi connectivity index (χ4v) is 2.63. The highest BCUT2D eigenvalue weighted by Crippen LogP contribution is 2.36. The lowest BCUT2D eigenvalue weighted by molar-refractivity contribution is -0.134. The molecule has 1 amide bonds. The Morgan fingerprint density at radius 1 is 1.35 bits per heavy atom. The molecule has 1 atom stereocenters. The van der Waals surface area contributed by atoms with E-state index in [0.29, 0.717) is 24.3 Å². The third-order valence-corrected chi connectivity index (χ3v) is 4.13. The zero-order chi connectivity index (χ0) is 14.4. The van der Waals surface area contributed by atoms with Crippen LogP contribution in [0.1, 0.15) is 38.2 Å². The summed E-state index contributed by atoms with van der Waals surface area (Å²) in [7, 11) is 1.93. The van der Waals surface area contributed by atoms with Gasteiger partial charge in [-0.2, -0.15) is 0 Å². The van der Waals surface area contributed by atoms with Crippen molar-refractivity contribution in [3.05, 3.63) is 35.9 Å². The number of hydrogen-bond donors (Lipinski definition) is 1. The van der Waals surface area contributed by atoms with Crippen molar-refractivity contribution in [3.8, 4) is 0 Å².